The third-order valence-electron chi connectivity index (χ3n) is 3.55. The van der Waals surface area contributed by atoms with Gasteiger partial charge < -0.3 is 10.6 Å². The lowest BCUT2D eigenvalue weighted by molar-refractivity contribution is -0.121. The molecule has 1 amide bonds. The number of pyridine rings is 1. The SMILES string of the molecule is NC(=O)C1CCN(c2nc3ccccn3c2C=O)C1. The van der Waals surface area contributed by atoms with Crippen molar-refractivity contribution in [2.24, 2.45) is 11.7 Å². The molecule has 6 heteroatoms. The number of anilines is 1. The number of aldehydes is 1. The molecule has 0 radical (unpaired) electrons. The molecule has 0 aromatic carbocycles. The predicted molar refractivity (Wildman–Crippen MR) is 70.1 cm³/mol. The van der Waals surface area contributed by atoms with Crippen LogP contribution in [-0.4, -0.2) is 34.7 Å². The Balaban J connectivity index is 2.01. The van der Waals surface area contributed by atoms with Gasteiger partial charge in [-0.2, -0.15) is 0 Å². The van der Waals surface area contributed by atoms with Crippen LogP contribution in [-0.2, 0) is 4.79 Å². The monoisotopic (exact) mass is 258 g/mol. The van der Waals surface area contributed by atoms with Crippen molar-refractivity contribution in [3.8, 4) is 0 Å². The van der Waals surface area contributed by atoms with E-state index in [4.69, 9.17) is 5.73 Å². The first-order valence-electron chi connectivity index (χ1n) is 6.17. The maximum atomic E-state index is 11.3. The molecule has 3 rings (SSSR count). The molecule has 1 unspecified atom stereocenters. The van der Waals surface area contributed by atoms with E-state index in [-0.39, 0.29) is 11.8 Å². The fourth-order valence-electron chi connectivity index (χ4n) is 2.53. The lowest BCUT2D eigenvalue weighted by atomic mass is 10.1. The van der Waals surface area contributed by atoms with Crippen LogP contribution in [0.3, 0.4) is 0 Å². The maximum Gasteiger partial charge on any atom is 0.222 e. The van der Waals surface area contributed by atoms with E-state index < -0.39 is 0 Å². The van der Waals surface area contributed by atoms with Crippen LogP contribution in [0.15, 0.2) is 24.4 Å². The highest BCUT2D eigenvalue weighted by molar-refractivity contribution is 5.84. The Hall–Kier alpha value is -2.37. The summed E-state index contributed by atoms with van der Waals surface area (Å²) in [7, 11) is 0. The van der Waals surface area contributed by atoms with Crippen molar-refractivity contribution in [1.29, 1.82) is 0 Å². The minimum Gasteiger partial charge on any atom is -0.369 e. The molecule has 98 valence electrons. The van der Waals surface area contributed by atoms with E-state index in [1.807, 2.05) is 23.1 Å². The number of carbonyl (C=O) groups excluding carboxylic acids is 2. The quantitative estimate of drug-likeness (QED) is 0.811. The van der Waals surface area contributed by atoms with Gasteiger partial charge in [0.1, 0.15) is 11.3 Å². The number of primary amides is 1. The van der Waals surface area contributed by atoms with E-state index in [1.165, 1.54) is 0 Å². The van der Waals surface area contributed by atoms with Crippen LogP contribution >= 0.6 is 0 Å². The first kappa shape index (κ1) is 11.7. The average molecular weight is 258 g/mol. The molecule has 2 aromatic heterocycles. The normalized spacial score (nSPS) is 18.9. The Morgan fingerprint density at radius 1 is 1.47 bits per heavy atom. The zero-order valence-corrected chi connectivity index (χ0v) is 10.3. The number of fused-ring (bicyclic) bond motifs is 1. The van der Waals surface area contributed by atoms with Gasteiger partial charge in [-0.1, -0.05) is 6.07 Å². The molecule has 19 heavy (non-hydrogen) atoms. The van der Waals surface area contributed by atoms with Gasteiger partial charge in [-0.25, -0.2) is 4.98 Å². The Morgan fingerprint density at radius 3 is 3.00 bits per heavy atom. The summed E-state index contributed by atoms with van der Waals surface area (Å²) >= 11 is 0. The van der Waals surface area contributed by atoms with Gasteiger partial charge in [0.2, 0.25) is 5.91 Å². The summed E-state index contributed by atoms with van der Waals surface area (Å²) in [6, 6.07) is 5.57. The number of rotatable bonds is 3. The van der Waals surface area contributed by atoms with Crippen LogP contribution in [0.4, 0.5) is 5.82 Å². The van der Waals surface area contributed by atoms with E-state index in [2.05, 4.69) is 4.98 Å². The van der Waals surface area contributed by atoms with Crippen molar-refractivity contribution in [3.05, 3.63) is 30.1 Å². The molecule has 1 atom stereocenters. The molecule has 0 aliphatic carbocycles. The Bertz CT molecular complexity index is 649. The Labute approximate surface area is 109 Å². The average Bonchev–Trinajstić information content (AvgIpc) is 3.02. The van der Waals surface area contributed by atoms with Gasteiger partial charge in [0.25, 0.3) is 0 Å². The summed E-state index contributed by atoms with van der Waals surface area (Å²) < 4.78 is 1.75. The maximum absolute atomic E-state index is 11.3. The largest absolute Gasteiger partial charge is 0.369 e. The number of carbonyl (C=O) groups is 2. The van der Waals surface area contributed by atoms with Gasteiger partial charge in [-0.05, 0) is 18.6 Å². The number of nitrogens with two attached hydrogens (primary N) is 1. The van der Waals surface area contributed by atoms with E-state index in [0.29, 0.717) is 31.0 Å². The summed E-state index contributed by atoms with van der Waals surface area (Å²) in [5.41, 5.74) is 6.56. The second-order valence-corrected chi connectivity index (χ2v) is 4.70. The molecule has 1 aliphatic rings. The minimum absolute atomic E-state index is 0.163. The van der Waals surface area contributed by atoms with Gasteiger partial charge in [-0.15, -0.1) is 0 Å². The summed E-state index contributed by atoms with van der Waals surface area (Å²) in [6.07, 6.45) is 3.31. The molecular weight excluding hydrogens is 244 g/mol. The number of nitrogens with zero attached hydrogens (tertiary/aromatic N) is 3. The second kappa shape index (κ2) is 4.38. The predicted octanol–water partition coefficient (Wildman–Crippen LogP) is 0.458. The molecule has 0 spiro atoms. The minimum atomic E-state index is -0.293. The highest BCUT2D eigenvalue weighted by Crippen LogP contribution is 2.26. The lowest BCUT2D eigenvalue weighted by Gasteiger charge is -2.15. The summed E-state index contributed by atoms with van der Waals surface area (Å²) in [5, 5.41) is 0. The number of hydrogen-bond donors (Lipinski definition) is 1. The van der Waals surface area contributed by atoms with Gasteiger partial charge >= 0.3 is 0 Å². The van der Waals surface area contributed by atoms with Crippen LogP contribution in [0.2, 0.25) is 0 Å². The van der Waals surface area contributed by atoms with Crippen molar-refractivity contribution < 1.29 is 9.59 Å². The standard InChI is InChI=1S/C13H14N4O2/c14-12(19)9-4-6-16(7-9)13-10(8-18)17-5-2-1-3-11(17)15-13/h1-3,5,8-9H,4,6-7H2,(H2,14,19). The van der Waals surface area contributed by atoms with Crippen LogP contribution in [0.25, 0.3) is 5.65 Å². The second-order valence-electron chi connectivity index (χ2n) is 4.70. The highest BCUT2D eigenvalue weighted by Gasteiger charge is 2.29. The Kier molecular flexibility index (Phi) is 2.70. The van der Waals surface area contributed by atoms with Crippen molar-refractivity contribution in [2.45, 2.75) is 6.42 Å². The van der Waals surface area contributed by atoms with Crippen LogP contribution < -0.4 is 10.6 Å². The van der Waals surface area contributed by atoms with Gasteiger partial charge in [0.15, 0.2) is 12.1 Å². The fourth-order valence-corrected chi connectivity index (χ4v) is 2.53. The van der Waals surface area contributed by atoms with Crippen molar-refractivity contribution in [3.63, 3.8) is 0 Å². The van der Waals surface area contributed by atoms with Crippen LogP contribution in [0.5, 0.6) is 0 Å². The van der Waals surface area contributed by atoms with Gasteiger partial charge in [-0.3, -0.25) is 14.0 Å². The first-order chi connectivity index (χ1) is 9.20. The molecule has 1 aliphatic heterocycles. The number of aromatic nitrogens is 2. The summed E-state index contributed by atoms with van der Waals surface area (Å²) in [6.45, 7) is 1.22. The molecule has 0 bridgehead atoms. The van der Waals surface area contributed by atoms with E-state index in [1.54, 1.807) is 10.6 Å². The number of hydrogen-bond acceptors (Lipinski definition) is 4. The van der Waals surface area contributed by atoms with Crippen molar-refractivity contribution in [1.82, 2.24) is 9.38 Å². The van der Waals surface area contributed by atoms with Crippen LogP contribution in [0.1, 0.15) is 16.9 Å². The van der Waals surface area contributed by atoms with Gasteiger partial charge in [0.05, 0.1) is 5.92 Å². The third kappa shape index (κ3) is 1.85. The molecule has 2 aromatic rings. The van der Waals surface area contributed by atoms with E-state index in [9.17, 15) is 9.59 Å². The summed E-state index contributed by atoms with van der Waals surface area (Å²) in [4.78, 5) is 28.9. The zero-order valence-electron chi connectivity index (χ0n) is 10.3. The molecule has 1 saturated heterocycles. The zero-order chi connectivity index (χ0) is 13.4. The first-order valence-corrected chi connectivity index (χ1v) is 6.17. The lowest BCUT2D eigenvalue weighted by Crippen LogP contribution is -2.27. The molecule has 2 N–H and O–H groups in total. The van der Waals surface area contributed by atoms with E-state index in [0.717, 1.165) is 11.9 Å². The molecule has 1 fully saturated rings. The Morgan fingerprint density at radius 2 is 2.32 bits per heavy atom. The third-order valence-corrected chi connectivity index (χ3v) is 3.55. The molecular formula is C13H14N4O2. The van der Waals surface area contributed by atoms with Crippen molar-refractivity contribution in [2.75, 3.05) is 18.0 Å². The van der Waals surface area contributed by atoms with Gasteiger partial charge in [0, 0.05) is 19.3 Å². The topological polar surface area (TPSA) is 80.7 Å². The molecule has 6 nitrogen and oxygen atoms in total. The van der Waals surface area contributed by atoms with Crippen molar-refractivity contribution >= 4 is 23.7 Å². The smallest absolute Gasteiger partial charge is 0.222 e. The number of amides is 1. The highest BCUT2D eigenvalue weighted by atomic mass is 16.1. The van der Waals surface area contributed by atoms with Crippen LogP contribution in [0, 0.1) is 5.92 Å². The summed E-state index contributed by atoms with van der Waals surface area (Å²) in [5.74, 6) is 0.174. The fraction of sp³-hybridized carbons (Fsp3) is 0.308. The molecule has 3 heterocycles. The van der Waals surface area contributed by atoms with E-state index >= 15 is 0 Å². The molecule has 0 saturated carbocycles. The number of imidazole rings is 1.